The molecule has 0 radical (unpaired) electrons. The molecule has 162 valence electrons. The maximum atomic E-state index is 5.67. The van der Waals surface area contributed by atoms with Gasteiger partial charge in [-0.3, -0.25) is 0 Å². The van der Waals surface area contributed by atoms with E-state index in [2.05, 4.69) is 54.0 Å². The zero-order valence-electron chi connectivity index (χ0n) is 18.3. The van der Waals surface area contributed by atoms with E-state index in [-0.39, 0.29) is 12.0 Å². The first kappa shape index (κ1) is 22.6. The number of ether oxygens (including phenoxy) is 2. The number of methoxy groups -OCH3 is 2. The van der Waals surface area contributed by atoms with Crippen molar-refractivity contribution < 1.29 is 9.47 Å². The summed E-state index contributed by atoms with van der Waals surface area (Å²) in [6.45, 7) is 2.88. The molecule has 3 aromatic carbocycles. The molecule has 0 aliphatic heterocycles. The Morgan fingerprint density at radius 3 is 1.87 bits per heavy atom. The maximum absolute atomic E-state index is 5.67. The van der Waals surface area contributed by atoms with E-state index < -0.39 is 0 Å². The van der Waals surface area contributed by atoms with Crippen LogP contribution >= 0.6 is 12.2 Å². The van der Waals surface area contributed by atoms with Crippen molar-refractivity contribution >= 4 is 17.3 Å². The van der Waals surface area contributed by atoms with E-state index in [1.807, 2.05) is 42.5 Å². The predicted octanol–water partition coefficient (Wildman–Crippen LogP) is 5.60. The van der Waals surface area contributed by atoms with Crippen LogP contribution in [-0.2, 0) is 6.54 Å². The lowest BCUT2D eigenvalue weighted by atomic mass is 9.85. The standard InChI is InChI=1S/C26H30N2O2S/c1-4-24(20-10-14-22(29-2)15-11-20)25(21-12-16-23(30-3)17-13-21)28-26(31)27-18-19-8-6-5-7-9-19/h5-17,24-25H,4,18H2,1-3H3,(H2,27,28,31). The highest BCUT2D eigenvalue weighted by Gasteiger charge is 2.24. The van der Waals surface area contributed by atoms with Gasteiger partial charge in [0.1, 0.15) is 11.5 Å². The van der Waals surface area contributed by atoms with Gasteiger partial charge in [0.15, 0.2) is 5.11 Å². The molecule has 0 aliphatic carbocycles. The second kappa shape index (κ2) is 11.4. The van der Waals surface area contributed by atoms with Crippen molar-refractivity contribution in [3.05, 3.63) is 95.6 Å². The molecule has 2 atom stereocenters. The third-order valence-corrected chi connectivity index (χ3v) is 5.71. The monoisotopic (exact) mass is 434 g/mol. The lowest BCUT2D eigenvalue weighted by molar-refractivity contribution is 0.413. The first-order chi connectivity index (χ1) is 15.1. The smallest absolute Gasteiger partial charge is 0.167 e. The number of hydrogen-bond acceptors (Lipinski definition) is 3. The summed E-state index contributed by atoms with van der Waals surface area (Å²) >= 11 is 5.67. The van der Waals surface area contributed by atoms with Crippen molar-refractivity contribution in [2.24, 2.45) is 0 Å². The number of thiocarbonyl (C=S) groups is 1. The molecule has 3 rings (SSSR count). The lowest BCUT2D eigenvalue weighted by Gasteiger charge is -2.30. The molecule has 0 bridgehead atoms. The maximum Gasteiger partial charge on any atom is 0.167 e. The van der Waals surface area contributed by atoms with Crippen molar-refractivity contribution in [1.82, 2.24) is 10.6 Å². The molecule has 31 heavy (non-hydrogen) atoms. The summed E-state index contributed by atoms with van der Waals surface area (Å²) in [6.07, 6.45) is 0.956. The molecule has 0 heterocycles. The Morgan fingerprint density at radius 1 is 0.806 bits per heavy atom. The van der Waals surface area contributed by atoms with Crippen LogP contribution < -0.4 is 20.1 Å². The van der Waals surface area contributed by atoms with Crippen LogP contribution in [-0.4, -0.2) is 19.3 Å². The Balaban J connectivity index is 1.82. The van der Waals surface area contributed by atoms with Gasteiger partial charge in [-0.05, 0) is 59.6 Å². The van der Waals surface area contributed by atoms with Crippen molar-refractivity contribution in [3.8, 4) is 11.5 Å². The molecule has 5 heteroatoms. The molecule has 0 amide bonds. The van der Waals surface area contributed by atoms with Crippen LogP contribution in [0.2, 0.25) is 0 Å². The highest BCUT2D eigenvalue weighted by atomic mass is 32.1. The van der Waals surface area contributed by atoms with Crippen LogP contribution in [0.25, 0.3) is 0 Å². The van der Waals surface area contributed by atoms with Crippen molar-refractivity contribution in [3.63, 3.8) is 0 Å². The molecular weight excluding hydrogens is 404 g/mol. The fraction of sp³-hybridized carbons (Fsp3) is 0.269. The number of benzene rings is 3. The van der Waals surface area contributed by atoms with Gasteiger partial charge in [-0.15, -0.1) is 0 Å². The van der Waals surface area contributed by atoms with E-state index in [1.54, 1.807) is 14.2 Å². The Hall–Kier alpha value is -3.05. The molecule has 0 fully saturated rings. The van der Waals surface area contributed by atoms with Crippen LogP contribution in [0.5, 0.6) is 11.5 Å². The summed E-state index contributed by atoms with van der Waals surface area (Å²) in [4.78, 5) is 0. The fourth-order valence-corrected chi connectivity index (χ4v) is 3.91. The largest absolute Gasteiger partial charge is 0.497 e. The molecule has 0 spiro atoms. The highest BCUT2D eigenvalue weighted by molar-refractivity contribution is 7.80. The molecule has 2 unspecified atom stereocenters. The molecule has 0 saturated heterocycles. The third kappa shape index (κ3) is 6.22. The Labute approximate surface area is 190 Å². The molecule has 0 aromatic heterocycles. The van der Waals surface area contributed by atoms with Crippen LogP contribution in [0, 0.1) is 0 Å². The van der Waals surface area contributed by atoms with Gasteiger partial charge in [0.05, 0.1) is 20.3 Å². The van der Waals surface area contributed by atoms with Gasteiger partial charge >= 0.3 is 0 Å². The van der Waals surface area contributed by atoms with Crippen LogP contribution in [0.4, 0.5) is 0 Å². The minimum Gasteiger partial charge on any atom is -0.497 e. The predicted molar refractivity (Wildman–Crippen MR) is 131 cm³/mol. The van der Waals surface area contributed by atoms with E-state index >= 15 is 0 Å². The molecule has 0 aliphatic rings. The summed E-state index contributed by atoms with van der Waals surface area (Å²) in [5, 5.41) is 7.55. The second-order valence-electron chi connectivity index (χ2n) is 7.35. The van der Waals surface area contributed by atoms with Crippen LogP contribution in [0.3, 0.4) is 0 Å². The van der Waals surface area contributed by atoms with Gasteiger partial charge in [0.25, 0.3) is 0 Å². The third-order valence-electron chi connectivity index (χ3n) is 5.44. The van der Waals surface area contributed by atoms with E-state index in [0.29, 0.717) is 11.7 Å². The van der Waals surface area contributed by atoms with Crippen LogP contribution in [0.15, 0.2) is 78.9 Å². The molecular formula is C26H30N2O2S. The Kier molecular flexibility index (Phi) is 8.30. The Morgan fingerprint density at radius 2 is 1.35 bits per heavy atom. The van der Waals surface area contributed by atoms with Gasteiger partial charge < -0.3 is 20.1 Å². The number of hydrogen-bond donors (Lipinski definition) is 2. The summed E-state index contributed by atoms with van der Waals surface area (Å²) < 4.78 is 10.7. The second-order valence-corrected chi connectivity index (χ2v) is 7.76. The first-order valence-electron chi connectivity index (χ1n) is 10.5. The first-order valence-corrected chi connectivity index (χ1v) is 10.9. The molecule has 4 nitrogen and oxygen atoms in total. The number of nitrogens with one attached hydrogen (secondary N) is 2. The molecule has 3 aromatic rings. The highest BCUT2D eigenvalue weighted by Crippen LogP contribution is 2.35. The van der Waals surface area contributed by atoms with Gasteiger partial charge in [0, 0.05) is 12.5 Å². The Bertz CT molecular complexity index is 943. The van der Waals surface area contributed by atoms with Gasteiger partial charge in [-0.2, -0.15) is 0 Å². The quantitative estimate of drug-likeness (QED) is 0.429. The zero-order chi connectivity index (χ0) is 22.1. The molecule has 0 saturated carbocycles. The minimum absolute atomic E-state index is 0.0140. The SMILES string of the molecule is CCC(c1ccc(OC)cc1)C(NC(=S)NCc1ccccc1)c1ccc(OC)cc1. The van der Waals surface area contributed by atoms with Crippen LogP contribution in [0.1, 0.15) is 42.0 Å². The van der Waals surface area contributed by atoms with Gasteiger partial charge in [-0.1, -0.05) is 61.5 Å². The van der Waals surface area contributed by atoms with Crippen molar-refractivity contribution in [2.45, 2.75) is 31.8 Å². The normalized spacial score (nSPS) is 12.5. The minimum atomic E-state index is 0.0140. The summed E-state index contributed by atoms with van der Waals surface area (Å²) in [6, 6.07) is 26.7. The topological polar surface area (TPSA) is 42.5 Å². The van der Waals surface area contributed by atoms with Crippen molar-refractivity contribution in [1.29, 1.82) is 0 Å². The van der Waals surface area contributed by atoms with Crippen molar-refractivity contribution in [2.75, 3.05) is 14.2 Å². The summed E-state index contributed by atoms with van der Waals surface area (Å²) in [5.41, 5.74) is 3.59. The average molecular weight is 435 g/mol. The van der Waals surface area contributed by atoms with E-state index in [1.165, 1.54) is 11.1 Å². The average Bonchev–Trinajstić information content (AvgIpc) is 2.83. The molecule has 2 N–H and O–H groups in total. The van der Waals surface area contributed by atoms with E-state index in [9.17, 15) is 0 Å². The zero-order valence-corrected chi connectivity index (χ0v) is 19.1. The number of rotatable bonds is 9. The summed E-state index contributed by atoms with van der Waals surface area (Å²) in [5.74, 6) is 1.92. The van der Waals surface area contributed by atoms with Gasteiger partial charge in [-0.25, -0.2) is 0 Å². The van der Waals surface area contributed by atoms with E-state index in [4.69, 9.17) is 21.7 Å². The van der Waals surface area contributed by atoms with Gasteiger partial charge in [0.2, 0.25) is 0 Å². The van der Waals surface area contributed by atoms with E-state index in [0.717, 1.165) is 23.5 Å². The lowest BCUT2D eigenvalue weighted by Crippen LogP contribution is -2.39. The summed E-state index contributed by atoms with van der Waals surface area (Å²) in [7, 11) is 3.37. The fourth-order valence-electron chi connectivity index (χ4n) is 3.71.